The van der Waals surface area contributed by atoms with Gasteiger partial charge < -0.3 is 37.6 Å². The summed E-state index contributed by atoms with van der Waals surface area (Å²) >= 11 is 0. The van der Waals surface area contributed by atoms with Crippen LogP contribution in [-0.2, 0) is 54.5 Å². The first-order valence-corrected chi connectivity index (χ1v) is 18.3. The first kappa shape index (κ1) is 41.9. The zero-order valence-electron chi connectivity index (χ0n) is 32.3. The molecule has 2 heterocycles. The minimum Gasteiger partial charge on any atom is -0.492 e. The molecule has 4 aromatic rings. The second-order valence-electron chi connectivity index (χ2n) is 12.3. The van der Waals surface area contributed by atoms with E-state index in [4.69, 9.17) is 28.4 Å². The molecule has 2 atom stereocenters. The maximum Gasteiger partial charge on any atom is 0.335 e. The van der Waals surface area contributed by atoms with Gasteiger partial charge >= 0.3 is 11.9 Å². The molecule has 0 bridgehead atoms. The average molecular weight is 719 g/mol. The van der Waals surface area contributed by atoms with E-state index < -0.39 is 12.2 Å². The zero-order valence-corrected chi connectivity index (χ0v) is 32.3. The molecule has 0 aliphatic heterocycles. The summed E-state index contributed by atoms with van der Waals surface area (Å²) in [5.74, 6) is 1.01. The fourth-order valence-corrected chi connectivity index (χ4v) is 5.78. The highest BCUT2D eigenvalue weighted by Crippen LogP contribution is 2.17. The summed E-state index contributed by atoms with van der Waals surface area (Å²) in [7, 11) is 0. The molecular weight excluding hydrogens is 660 g/mol. The van der Waals surface area contributed by atoms with Crippen molar-refractivity contribution in [1.29, 1.82) is 0 Å². The van der Waals surface area contributed by atoms with Gasteiger partial charge in [-0.3, -0.25) is 0 Å². The Hall–Kier alpha value is -4.54. The molecule has 0 N–H and O–H groups in total. The van der Waals surface area contributed by atoms with Gasteiger partial charge in [-0.15, -0.1) is 0 Å². The van der Waals surface area contributed by atoms with E-state index in [1.807, 2.05) is 62.4 Å². The van der Waals surface area contributed by atoms with Crippen molar-refractivity contribution >= 4 is 11.9 Å². The number of aryl methyl sites for hydroxylation is 4. The van der Waals surface area contributed by atoms with E-state index in [0.717, 1.165) is 35.7 Å². The molecule has 0 spiro atoms. The molecule has 284 valence electrons. The summed E-state index contributed by atoms with van der Waals surface area (Å²) in [4.78, 5) is 23.9. The van der Waals surface area contributed by atoms with Crippen LogP contribution in [0.5, 0.6) is 11.5 Å². The molecule has 4 rings (SSSR count). The van der Waals surface area contributed by atoms with E-state index in [9.17, 15) is 9.59 Å². The second kappa shape index (κ2) is 22.4. The zero-order chi connectivity index (χ0) is 37.9. The van der Waals surface area contributed by atoms with Crippen LogP contribution in [0.1, 0.15) is 61.6 Å². The van der Waals surface area contributed by atoms with Crippen molar-refractivity contribution in [1.82, 2.24) is 9.13 Å². The van der Waals surface area contributed by atoms with Crippen LogP contribution in [0, 0.1) is 27.7 Å². The van der Waals surface area contributed by atoms with Gasteiger partial charge in [-0.1, -0.05) is 24.3 Å². The van der Waals surface area contributed by atoms with Gasteiger partial charge in [0.15, 0.2) is 12.2 Å². The first-order valence-electron chi connectivity index (χ1n) is 18.3. The monoisotopic (exact) mass is 718 g/mol. The Labute approximate surface area is 309 Å². The lowest BCUT2D eigenvalue weighted by molar-refractivity contribution is -0.157. The molecule has 0 aliphatic rings. The van der Waals surface area contributed by atoms with Gasteiger partial charge in [0.2, 0.25) is 0 Å². The van der Waals surface area contributed by atoms with E-state index in [0.29, 0.717) is 52.5 Å². The predicted octanol–water partition coefficient (Wildman–Crippen LogP) is 7.39. The van der Waals surface area contributed by atoms with Crippen LogP contribution in [0.2, 0.25) is 0 Å². The van der Waals surface area contributed by atoms with Gasteiger partial charge in [-0.05, 0) is 115 Å². The highest BCUT2D eigenvalue weighted by Gasteiger charge is 2.21. The summed E-state index contributed by atoms with van der Waals surface area (Å²) < 4.78 is 37.3. The Morgan fingerprint density at radius 1 is 0.500 bits per heavy atom. The minimum absolute atomic E-state index is 0.313. The molecule has 0 radical (unpaired) electrons. The van der Waals surface area contributed by atoms with E-state index in [1.54, 1.807) is 13.8 Å². The van der Waals surface area contributed by atoms with Crippen molar-refractivity contribution in [3.05, 3.63) is 107 Å². The fourth-order valence-electron chi connectivity index (χ4n) is 5.78. The first-order chi connectivity index (χ1) is 25.1. The van der Waals surface area contributed by atoms with Crippen LogP contribution in [0.3, 0.4) is 0 Å². The van der Waals surface area contributed by atoms with Crippen molar-refractivity contribution in [3.63, 3.8) is 0 Å². The van der Waals surface area contributed by atoms with E-state index >= 15 is 0 Å². The van der Waals surface area contributed by atoms with E-state index in [2.05, 4.69) is 61.1 Å². The number of carbonyl (C=O) groups excluding carboxylic acids is 2. The highest BCUT2D eigenvalue weighted by atomic mass is 16.6. The summed E-state index contributed by atoms with van der Waals surface area (Å²) in [6, 6.07) is 24.0. The number of rotatable bonds is 20. The van der Waals surface area contributed by atoms with Crippen LogP contribution in [-0.4, -0.2) is 72.9 Å². The average Bonchev–Trinajstić information content (AvgIpc) is 3.63. The predicted molar refractivity (Wildman–Crippen MR) is 203 cm³/mol. The Morgan fingerprint density at radius 2 is 0.827 bits per heavy atom. The smallest absolute Gasteiger partial charge is 0.335 e. The number of benzene rings is 2. The molecule has 2 unspecified atom stereocenters. The van der Waals surface area contributed by atoms with Gasteiger partial charge in [-0.2, -0.15) is 0 Å². The molecule has 10 nitrogen and oxygen atoms in total. The third-order valence-electron chi connectivity index (χ3n) is 8.53. The van der Waals surface area contributed by atoms with Crippen LogP contribution in [0.15, 0.2) is 72.8 Å². The van der Waals surface area contributed by atoms with E-state index in [-0.39, 0.29) is 11.9 Å². The molecule has 2 aromatic carbocycles. The third-order valence-corrected chi connectivity index (χ3v) is 8.53. The second-order valence-corrected chi connectivity index (χ2v) is 12.3. The largest absolute Gasteiger partial charge is 0.492 e. The molecule has 2 aromatic heterocycles. The lowest BCUT2D eigenvalue weighted by Gasteiger charge is -2.16. The normalized spacial score (nSPS) is 12.0. The molecule has 52 heavy (non-hydrogen) atoms. The topological polar surface area (TPSA) is 99.4 Å². The molecule has 0 fully saturated rings. The maximum atomic E-state index is 11.9. The maximum absolute atomic E-state index is 11.9. The molecular formula is C42H58N2O8. The van der Waals surface area contributed by atoms with Crippen molar-refractivity contribution < 1.29 is 38.0 Å². The number of hydrogen-bond donors (Lipinski definition) is 0. The summed E-state index contributed by atoms with van der Waals surface area (Å²) in [6.07, 6.45) is -0.138. The Morgan fingerprint density at radius 3 is 1.12 bits per heavy atom. The number of carbonyl (C=O) groups is 2. The van der Waals surface area contributed by atoms with Crippen LogP contribution >= 0.6 is 0 Å². The van der Waals surface area contributed by atoms with E-state index in [1.165, 1.54) is 22.8 Å². The van der Waals surface area contributed by atoms with Crippen LogP contribution in [0.4, 0.5) is 0 Å². The quantitative estimate of drug-likeness (QED) is 0.0873. The summed E-state index contributed by atoms with van der Waals surface area (Å²) in [5.41, 5.74) is 6.98. The number of hydrogen-bond acceptors (Lipinski definition) is 8. The third kappa shape index (κ3) is 13.5. The van der Waals surface area contributed by atoms with Gasteiger partial charge in [0.25, 0.3) is 0 Å². The van der Waals surface area contributed by atoms with Crippen molar-refractivity contribution in [2.45, 2.75) is 93.5 Å². The Balaban J connectivity index is 0.000000280. The lowest BCUT2D eigenvalue weighted by atomic mass is 10.1. The Kier molecular flexibility index (Phi) is 18.0. The number of aromatic nitrogens is 2. The summed E-state index contributed by atoms with van der Waals surface area (Å²) in [5, 5.41) is 0. The number of nitrogens with zero attached hydrogens (tertiary/aromatic N) is 2. The molecule has 0 saturated carbocycles. The van der Waals surface area contributed by atoms with Crippen molar-refractivity contribution in [3.8, 4) is 11.5 Å². The van der Waals surface area contributed by atoms with Crippen molar-refractivity contribution in [2.75, 3.05) is 39.6 Å². The van der Waals surface area contributed by atoms with Gasteiger partial charge in [-0.25, -0.2) is 9.59 Å². The number of esters is 2. The molecule has 0 aliphatic carbocycles. The minimum atomic E-state index is -0.564. The number of ether oxygens (including phenoxy) is 6. The van der Waals surface area contributed by atoms with Gasteiger partial charge in [0, 0.05) is 48.8 Å². The molecule has 0 saturated heterocycles. The van der Waals surface area contributed by atoms with Crippen LogP contribution < -0.4 is 9.47 Å². The van der Waals surface area contributed by atoms with Crippen molar-refractivity contribution in [2.24, 2.45) is 0 Å². The SMILES string of the molecule is CCOC(=O)C(Cc1ccc(OCCn2c(C)ccc2C)cc1)OCC.CCOC(=O)C(Cc1ccc(OCCn2c(C)ccc2C)cc1)OCC. The standard InChI is InChI=1S/2C21H29NO4/c2*1-5-24-20(21(23)25-6-2)15-18-9-11-19(12-10-18)26-14-13-22-16(3)7-8-17(22)4/h2*7-12,20H,5-6,13-15H2,1-4H3. The Bertz CT molecular complexity index is 1460. The molecule has 10 heteroatoms. The van der Waals surface area contributed by atoms with Gasteiger partial charge in [0.05, 0.1) is 26.3 Å². The lowest BCUT2D eigenvalue weighted by Crippen LogP contribution is -2.28. The van der Waals surface area contributed by atoms with Gasteiger partial charge in [0.1, 0.15) is 24.7 Å². The summed E-state index contributed by atoms with van der Waals surface area (Å²) in [6.45, 7) is 20.3. The highest BCUT2D eigenvalue weighted by molar-refractivity contribution is 5.75. The molecule has 0 amide bonds. The fraction of sp³-hybridized carbons (Fsp3) is 0.476. The van der Waals surface area contributed by atoms with Crippen LogP contribution in [0.25, 0.3) is 0 Å².